The summed E-state index contributed by atoms with van der Waals surface area (Å²) in [6.45, 7) is 6.59. The van der Waals surface area contributed by atoms with E-state index in [0.717, 1.165) is 43.1 Å². The second-order valence-electron chi connectivity index (χ2n) is 7.57. The number of benzene rings is 2. The van der Waals surface area contributed by atoms with Gasteiger partial charge in [0.05, 0.1) is 13.2 Å². The molecule has 1 amide bonds. The Labute approximate surface area is 174 Å². The number of carbonyl (C=O) groups is 1. The zero-order chi connectivity index (χ0) is 20.6. The van der Waals surface area contributed by atoms with E-state index in [2.05, 4.69) is 34.3 Å². The molecule has 2 aromatic carbocycles. The van der Waals surface area contributed by atoms with E-state index in [1.165, 1.54) is 5.56 Å². The predicted octanol–water partition coefficient (Wildman–Crippen LogP) is 3.20. The van der Waals surface area contributed by atoms with Crippen LogP contribution >= 0.6 is 0 Å². The first-order chi connectivity index (χ1) is 14.1. The summed E-state index contributed by atoms with van der Waals surface area (Å²) in [6.07, 6.45) is 1.68. The summed E-state index contributed by atoms with van der Waals surface area (Å²) in [5.41, 5.74) is 3.22. The molecule has 29 heavy (non-hydrogen) atoms. The Balaban J connectivity index is 1.69. The molecule has 0 radical (unpaired) electrons. The molecule has 0 bridgehead atoms. The maximum atomic E-state index is 12.6. The molecule has 1 aliphatic heterocycles. The van der Waals surface area contributed by atoms with Crippen molar-refractivity contribution in [2.24, 2.45) is 0 Å². The Kier molecular flexibility index (Phi) is 7.44. The average molecular weight is 394 g/mol. The fourth-order valence-electron chi connectivity index (χ4n) is 3.65. The number of hydrogen-bond acceptors (Lipinski definition) is 4. The van der Waals surface area contributed by atoms with E-state index in [1.807, 2.05) is 49.4 Å². The second-order valence-corrected chi connectivity index (χ2v) is 7.57. The van der Waals surface area contributed by atoms with Crippen LogP contribution in [0.2, 0.25) is 0 Å². The van der Waals surface area contributed by atoms with Crippen molar-refractivity contribution in [3.8, 4) is 5.75 Å². The molecule has 154 valence electrons. The third-order valence-corrected chi connectivity index (χ3v) is 5.53. The third kappa shape index (κ3) is 5.92. The molecular weight excluding hydrogens is 362 g/mol. The highest BCUT2D eigenvalue weighted by Crippen LogP contribution is 2.24. The molecule has 1 atom stereocenters. The lowest BCUT2D eigenvalue weighted by atomic mass is 10.0. The van der Waals surface area contributed by atoms with Crippen LogP contribution in [0.1, 0.15) is 24.1 Å². The monoisotopic (exact) mass is 393 g/mol. The molecule has 0 saturated carbocycles. The van der Waals surface area contributed by atoms with Crippen molar-refractivity contribution in [3.05, 3.63) is 71.8 Å². The molecule has 0 spiro atoms. The summed E-state index contributed by atoms with van der Waals surface area (Å²) in [4.78, 5) is 17.4. The topological polar surface area (TPSA) is 44.8 Å². The van der Waals surface area contributed by atoms with Crippen molar-refractivity contribution < 1.29 is 9.53 Å². The van der Waals surface area contributed by atoms with E-state index in [9.17, 15) is 4.79 Å². The number of allylic oxidation sites excluding steroid dienone is 1. The number of piperazine rings is 1. The first kappa shape index (κ1) is 21.1. The lowest BCUT2D eigenvalue weighted by molar-refractivity contribution is -0.116. The molecule has 2 aromatic rings. The van der Waals surface area contributed by atoms with Gasteiger partial charge in [-0.15, -0.1) is 0 Å². The minimum atomic E-state index is -0.0565. The summed E-state index contributed by atoms with van der Waals surface area (Å²) >= 11 is 0. The van der Waals surface area contributed by atoms with Gasteiger partial charge >= 0.3 is 0 Å². The molecule has 1 heterocycles. The van der Waals surface area contributed by atoms with Gasteiger partial charge in [-0.25, -0.2) is 0 Å². The van der Waals surface area contributed by atoms with Crippen LogP contribution in [0.15, 0.2) is 60.7 Å². The largest absolute Gasteiger partial charge is 0.497 e. The smallest absolute Gasteiger partial charge is 0.244 e. The van der Waals surface area contributed by atoms with Gasteiger partial charge in [0, 0.05) is 38.8 Å². The first-order valence-electron chi connectivity index (χ1n) is 10.1. The van der Waals surface area contributed by atoms with Crippen molar-refractivity contribution in [1.29, 1.82) is 0 Å². The van der Waals surface area contributed by atoms with Gasteiger partial charge in [-0.2, -0.15) is 0 Å². The minimum absolute atomic E-state index is 0.0565. The minimum Gasteiger partial charge on any atom is -0.497 e. The fourth-order valence-corrected chi connectivity index (χ4v) is 3.65. The number of nitrogens with zero attached hydrogens (tertiary/aromatic N) is 2. The van der Waals surface area contributed by atoms with Crippen molar-refractivity contribution in [1.82, 2.24) is 15.1 Å². The van der Waals surface area contributed by atoms with Crippen LogP contribution in [0.3, 0.4) is 0 Å². The van der Waals surface area contributed by atoms with Gasteiger partial charge in [0.25, 0.3) is 0 Å². The molecular formula is C24H31N3O2. The van der Waals surface area contributed by atoms with Gasteiger partial charge in [0.2, 0.25) is 5.91 Å². The summed E-state index contributed by atoms with van der Waals surface area (Å²) in [7, 11) is 3.83. The van der Waals surface area contributed by atoms with E-state index in [0.29, 0.717) is 6.54 Å². The highest BCUT2D eigenvalue weighted by molar-refractivity contribution is 5.94. The summed E-state index contributed by atoms with van der Waals surface area (Å²) < 4.78 is 5.29. The van der Waals surface area contributed by atoms with Crippen LogP contribution in [0.4, 0.5) is 0 Å². The van der Waals surface area contributed by atoms with E-state index in [4.69, 9.17) is 4.74 Å². The summed E-state index contributed by atoms with van der Waals surface area (Å²) in [6, 6.07) is 18.3. The average Bonchev–Trinajstić information content (AvgIpc) is 2.76. The Morgan fingerprint density at radius 3 is 2.34 bits per heavy atom. The molecule has 0 aromatic heterocycles. The fraction of sp³-hybridized carbons (Fsp3) is 0.375. The molecule has 3 rings (SSSR count). The number of hydrogen-bond donors (Lipinski definition) is 1. The molecule has 1 aliphatic rings. The van der Waals surface area contributed by atoms with E-state index < -0.39 is 0 Å². The van der Waals surface area contributed by atoms with Crippen LogP contribution < -0.4 is 10.1 Å². The zero-order valence-electron chi connectivity index (χ0n) is 17.6. The number of carbonyl (C=O) groups excluding carboxylic acids is 1. The SMILES string of the molecule is COc1ccc(C(CNC(=O)/C=C(\C)c2ccccc2)N2CCN(C)CC2)cc1. The third-order valence-electron chi connectivity index (χ3n) is 5.53. The molecule has 5 nitrogen and oxygen atoms in total. The van der Waals surface area contributed by atoms with E-state index in [1.54, 1.807) is 13.2 Å². The highest BCUT2D eigenvalue weighted by atomic mass is 16.5. The van der Waals surface area contributed by atoms with Gasteiger partial charge in [-0.1, -0.05) is 42.5 Å². The first-order valence-corrected chi connectivity index (χ1v) is 10.1. The Morgan fingerprint density at radius 2 is 1.72 bits per heavy atom. The Morgan fingerprint density at radius 1 is 1.07 bits per heavy atom. The molecule has 1 fully saturated rings. The van der Waals surface area contributed by atoms with Gasteiger partial charge in [0.1, 0.15) is 5.75 Å². The quantitative estimate of drug-likeness (QED) is 0.734. The van der Waals surface area contributed by atoms with Gasteiger partial charge in [-0.05, 0) is 42.8 Å². The van der Waals surface area contributed by atoms with Crippen molar-refractivity contribution >= 4 is 11.5 Å². The van der Waals surface area contributed by atoms with E-state index in [-0.39, 0.29) is 11.9 Å². The van der Waals surface area contributed by atoms with Crippen LogP contribution in [0, 0.1) is 0 Å². The summed E-state index contributed by atoms with van der Waals surface area (Å²) in [5.74, 6) is 0.787. The van der Waals surface area contributed by atoms with Crippen molar-refractivity contribution in [2.75, 3.05) is 46.9 Å². The number of nitrogens with one attached hydrogen (secondary N) is 1. The van der Waals surface area contributed by atoms with Crippen LogP contribution in [0.5, 0.6) is 5.75 Å². The molecule has 0 aliphatic carbocycles. The van der Waals surface area contributed by atoms with Gasteiger partial charge in [0.15, 0.2) is 0 Å². The van der Waals surface area contributed by atoms with Crippen LogP contribution in [-0.4, -0.2) is 62.6 Å². The van der Waals surface area contributed by atoms with Crippen molar-refractivity contribution in [3.63, 3.8) is 0 Å². The second kappa shape index (κ2) is 10.2. The van der Waals surface area contributed by atoms with Crippen LogP contribution in [-0.2, 0) is 4.79 Å². The number of amides is 1. The predicted molar refractivity (Wildman–Crippen MR) is 118 cm³/mol. The lowest BCUT2D eigenvalue weighted by Crippen LogP contribution is -2.48. The molecule has 1 unspecified atom stereocenters. The molecule has 1 saturated heterocycles. The highest BCUT2D eigenvalue weighted by Gasteiger charge is 2.24. The Bertz CT molecular complexity index is 810. The molecule has 1 N–H and O–H groups in total. The summed E-state index contributed by atoms with van der Waals surface area (Å²) in [5, 5.41) is 3.12. The maximum absolute atomic E-state index is 12.6. The van der Waals surface area contributed by atoms with E-state index >= 15 is 0 Å². The number of ether oxygens (including phenoxy) is 1. The van der Waals surface area contributed by atoms with Gasteiger partial charge in [-0.3, -0.25) is 9.69 Å². The zero-order valence-corrected chi connectivity index (χ0v) is 17.6. The van der Waals surface area contributed by atoms with Crippen LogP contribution in [0.25, 0.3) is 5.57 Å². The standard InChI is InChI=1S/C24H31N3O2/c1-19(20-7-5-4-6-8-20)17-24(28)25-18-23(27-15-13-26(2)14-16-27)21-9-11-22(29-3)12-10-21/h4-12,17,23H,13-16,18H2,1-3H3,(H,25,28)/b19-17+. The maximum Gasteiger partial charge on any atom is 0.244 e. The molecule has 5 heteroatoms. The van der Waals surface area contributed by atoms with Gasteiger partial charge < -0.3 is 15.0 Å². The Hall–Kier alpha value is -2.63. The lowest BCUT2D eigenvalue weighted by Gasteiger charge is -2.38. The number of methoxy groups -OCH3 is 1. The van der Waals surface area contributed by atoms with Crippen molar-refractivity contribution in [2.45, 2.75) is 13.0 Å². The number of rotatable bonds is 7. The normalized spacial score (nSPS) is 17.0. The number of likely N-dealkylation sites (N-methyl/N-ethyl adjacent to an activating group) is 1.